The molecular formula is C12H17ClIN. The van der Waals surface area contributed by atoms with Crippen LogP contribution >= 0.6 is 34.2 Å². The summed E-state index contributed by atoms with van der Waals surface area (Å²) in [6.07, 6.45) is 1.11. The van der Waals surface area contributed by atoms with Crippen LogP contribution in [0.25, 0.3) is 0 Å². The standard InChI is InChI=1S/C12H17ClIN/c1-4-11(8(2)3)15-12-6-5-9(14)7-10(12)13/h5-8,11,15H,4H2,1-3H3. The van der Waals surface area contributed by atoms with Crippen molar-refractivity contribution in [1.29, 1.82) is 0 Å². The molecule has 1 N–H and O–H groups in total. The van der Waals surface area contributed by atoms with Crippen molar-refractivity contribution in [3.05, 3.63) is 26.8 Å². The van der Waals surface area contributed by atoms with Crippen molar-refractivity contribution in [2.45, 2.75) is 33.2 Å². The second-order valence-electron chi connectivity index (χ2n) is 4.03. The first-order valence-corrected chi connectivity index (χ1v) is 6.71. The Hall–Kier alpha value is 0.0400. The topological polar surface area (TPSA) is 12.0 Å². The van der Waals surface area contributed by atoms with Crippen molar-refractivity contribution >= 4 is 39.9 Å². The van der Waals surface area contributed by atoms with Gasteiger partial charge in [-0.3, -0.25) is 0 Å². The molecule has 84 valence electrons. The van der Waals surface area contributed by atoms with Gasteiger partial charge in [-0.05, 0) is 53.1 Å². The van der Waals surface area contributed by atoms with Crippen molar-refractivity contribution in [3.63, 3.8) is 0 Å². The van der Waals surface area contributed by atoms with Crippen molar-refractivity contribution in [2.75, 3.05) is 5.32 Å². The zero-order valence-corrected chi connectivity index (χ0v) is 12.3. The molecule has 0 saturated carbocycles. The van der Waals surface area contributed by atoms with Crippen LogP contribution < -0.4 is 5.32 Å². The number of hydrogen-bond acceptors (Lipinski definition) is 1. The minimum absolute atomic E-state index is 0.488. The molecule has 1 aromatic carbocycles. The highest BCUT2D eigenvalue weighted by Crippen LogP contribution is 2.26. The van der Waals surface area contributed by atoms with Gasteiger partial charge in [0.25, 0.3) is 0 Å². The molecule has 1 rings (SSSR count). The van der Waals surface area contributed by atoms with E-state index in [0.29, 0.717) is 12.0 Å². The SMILES string of the molecule is CCC(Nc1ccc(I)cc1Cl)C(C)C. The van der Waals surface area contributed by atoms with Crippen LogP contribution in [0.2, 0.25) is 5.02 Å². The highest BCUT2D eigenvalue weighted by molar-refractivity contribution is 14.1. The lowest BCUT2D eigenvalue weighted by atomic mass is 10.0. The van der Waals surface area contributed by atoms with Crippen molar-refractivity contribution in [2.24, 2.45) is 5.92 Å². The van der Waals surface area contributed by atoms with Crippen LogP contribution in [-0.4, -0.2) is 6.04 Å². The number of nitrogens with one attached hydrogen (secondary N) is 1. The Morgan fingerprint density at radius 2 is 2.07 bits per heavy atom. The van der Waals surface area contributed by atoms with Gasteiger partial charge in [-0.15, -0.1) is 0 Å². The van der Waals surface area contributed by atoms with Gasteiger partial charge in [0, 0.05) is 9.61 Å². The van der Waals surface area contributed by atoms with Gasteiger partial charge in [0.2, 0.25) is 0 Å². The Morgan fingerprint density at radius 3 is 2.53 bits per heavy atom. The Morgan fingerprint density at radius 1 is 1.40 bits per heavy atom. The second-order valence-corrected chi connectivity index (χ2v) is 5.68. The Labute approximate surface area is 111 Å². The molecule has 0 aliphatic heterocycles. The van der Waals surface area contributed by atoms with Crippen LogP contribution in [0, 0.1) is 9.49 Å². The average Bonchev–Trinajstić information content (AvgIpc) is 2.16. The van der Waals surface area contributed by atoms with E-state index < -0.39 is 0 Å². The van der Waals surface area contributed by atoms with Gasteiger partial charge in [0.05, 0.1) is 10.7 Å². The van der Waals surface area contributed by atoms with E-state index in [-0.39, 0.29) is 0 Å². The fraction of sp³-hybridized carbons (Fsp3) is 0.500. The molecule has 1 unspecified atom stereocenters. The van der Waals surface area contributed by atoms with Gasteiger partial charge in [-0.25, -0.2) is 0 Å². The van der Waals surface area contributed by atoms with Gasteiger partial charge in [-0.2, -0.15) is 0 Å². The lowest BCUT2D eigenvalue weighted by Gasteiger charge is -2.22. The third kappa shape index (κ3) is 3.83. The molecule has 0 radical (unpaired) electrons. The molecule has 0 aliphatic carbocycles. The van der Waals surface area contributed by atoms with E-state index in [1.54, 1.807) is 0 Å². The molecule has 15 heavy (non-hydrogen) atoms. The van der Waals surface area contributed by atoms with Crippen molar-refractivity contribution < 1.29 is 0 Å². The summed E-state index contributed by atoms with van der Waals surface area (Å²) in [5.41, 5.74) is 1.04. The Balaban J connectivity index is 2.79. The van der Waals surface area contributed by atoms with Crippen molar-refractivity contribution in [1.82, 2.24) is 0 Å². The molecule has 0 amide bonds. The van der Waals surface area contributed by atoms with Gasteiger partial charge >= 0.3 is 0 Å². The normalized spacial score (nSPS) is 12.9. The summed E-state index contributed by atoms with van der Waals surface area (Å²) in [4.78, 5) is 0. The van der Waals surface area contributed by atoms with E-state index in [9.17, 15) is 0 Å². The smallest absolute Gasteiger partial charge is 0.0648 e. The first-order chi connectivity index (χ1) is 7.04. The number of benzene rings is 1. The molecule has 0 heterocycles. The highest BCUT2D eigenvalue weighted by atomic mass is 127. The lowest BCUT2D eigenvalue weighted by molar-refractivity contribution is 0.511. The molecule has 0 aliphatic rings. The predicted octanol–water partition coefficient (Wildman–Crippen LogP) is 4.79. The first-order valence-electron chi connectivity index (χ1n) is 5.26. The maximum atomic E-state index is 6.17. The summed E-state index contributed by atoms with van der Waals surface area (Å²) in [5.74, 6) is 0.616. The van der Waals surface area contributed by atoms with Crippen LogP contribution in [0.3, 0.4) is 0 Å². The summed E-state index contributed by atoms with van der Waals surface area (Å²) in [7, 11) is 0. The molecule has 3 heteroatoms. The van der Waals surface area contributed by atoms with Gasteiger partial charge in [0.15, 0.2) is 0 Å². The number of hydrogen-bond donors (Lipinski definition) is 1. The highest BCUT2D eigenvalue weighted by Gasteiger charge is 2.11. The Kier molecular flexibility index (Phi) is 5.19. The van der Waals surface area contributed by atoms with E-state index >= 15 is 0 Å². The molecule has 0 fully saturated rings. The third-order valence-corrected chi connectivity index (χ3v) is 3.50. The van der Waals surface area contributed by atoms with Crippen LogP contribution in [0.1, 0.15) is 27.2 Å². The maximum absolute atomic E-state index is 6.17. The molecule has 1 atom stereocenters. The van der Waals surface area contributed by atoms with Crippen molar-refractivity contribution in [3.8, 4) is 0 Å². The number of halogens is 2. The average molecular weight is 338 g/mol. The van der Waals surface area contributed by atoms with E-state index in [4.69, 9.17) is 11.6 Å². The molecule has 1 aromatic rings. The van der Waals surface area contributed by atoms with E-state index in [0.717, 1.165) is 17.1 Å². The monoisotopic (exact) mass is 337 g/mol. The maximum Gasteiger partial charge on any atom is 0.0648 e. The predicted molar refractivity (Wildman–Crippen MR) is 76.7 cm³/mol. The van der Waals surface area contributed by atoms with E-state index in [1.807, 2.05) is 6.07 Å². The fourth-order valence-corrected chi connectivity index (χ4v) is 2.46. The van der Waals surface area contributed by atoms with Crippen LogP contribution in [0.4, 0.5) is 5.69 Å². The van der Waals surface area contributed by atoms with Crippen LogP contribution in [0.5, 0.6) is 0 Å². The molecule has 1 nitrogen and oxygen atoms in total. The van der Waals surface area contributed by atoms with Gasteiger partial charge < -0.3 is 5.32 Å². The minimum Gasteiger partial charge on any atom is -0.381 e. The molecular weight excluding hydrogens is 320 g/mol. The molecule has 0 spiro atoms. The minimum atomic E-state index is 0.488. The zero-order chi connectivity index (χ0) is 11.4. The van der Waals surface area contributed by atoms with E-state index in [1.165, 1.54) is 3.57 Å². The quantitative estimate of drug-likeness (QED) is 0.779. The largest absolute Gasteiger partial charge is 0.381 e. The molecule has 0 aromatic heterocycles. The lowest BCUT2D eigenvalue weighted by Crippen LogP contribution is -2.24. The summed E-state index contributed by atoms with van der Waals surface area (Å²) < 4.78 is 1.17. The van der Waals surface area contributed by atoms with E-state index in [2.05, 4.69) is 60.8 Å². The fourth-order valence-electron chi connectivity index (χ4n) is 1.55. The zero-order valence-electron chi connectivity index (χ0n) is 9.35. The summed E-state index contributed by atoms with van der Waals surface area (Å²) in [6.45, 7) is 6.64. The molecule has 0 saturated heterocycles. The first kappa shape index (κ1) is 13.1. The van der Waals surface area contributed by atoms with Gasteiger partial charge in [-0.1, -0.05) is 32.4 Å². The van der Waals surface area contributed by atoms with Crippen LogP contribution in [0.15, 0.2) is 18.2 Å². The summed E-state index contributed by atoms with van der Waals surface area (Å²) in [5, 5.41) is 4.29. The Bertz CT molecular complexity index is 325. The third-order valence-electron chi connectivity index (χ3n) is 2.52. The van der Waals surface area contributed by atoms with Gasteiger partial charge in [0.1, 0.15) is 0 Å². The number of anilines is 1. The summed E-state index contributed by atoms with van der Waals surface area (Å²) in [6, 6.07) is 6.59. The number of rotatable bonds is 4. The second kappa shape index (κ2) is 5.94. The molecule has 0 bridgehead atoms. The van der Waals surface area contributed by atoms with Crippen LogP contribution in [-0.2, 0) is 0 Å². The summed E-state index contributed by atoms with van der Waals surface area (Å²) >= 11 is 8.43.